The van der Waals surface area contributed by atoms with E-state index in [0.717, 1.165) is 5.69 Å². The molecular weight excluding hydrogens is 204 g/mol. The number of para-hydroxylation sites is 1. The van der Waals surface area contributed by atoms with Gasteiger partial charge in [0.25, 0.3) is 0 Å². The largest absolute Gasteiger partial charge is 0.481 e. The molecule has 0 heterocycles. The third-order valence-electron chi connectivity index (χ3n) is 1.85. The van der Waals surface area contributed by atoms with E-state index in [1.807, 2.05) is 26.0 Å². The van der Waals surface area contributed by atoms with Gasteiger partial charge in [0.15, 0.2) is 0 Å². The van der Waals surface area contributed by atoms with Gasteiger partial charge < -0.3 is 15.8 Å². The highest BCUT2D eigenvalue weighted by atomic mass is 16.4. The number of nitrogens with one attached hydrogen (secondary N) is 2. The van der Waals surface area contributed by atoms with Gasteiger partial charge in [-0.05, 0) is 6.07 Å². The van der Waals surface area contributed by atoms with Crippen molar-refractivity contribution in [2.45, 2.75) is 20.3 Å². The lowest BCUT2D eigenvalue weighted by atomic mass is 10.1. The van der Waals surface area contributed by atoms with E-state index in [2.05, 4.69) is 5.32 Å². The van der Waals surface area contributed by atoms with E-state index in [1.54, 1.807) is 19.2 Å². The summed E-state index contributed by atoms with van der Waals surface area (Å²) in [6.45, 7) is 4.00. The molecule has 1 rings (SSSR count). The molecule has 1 aromatic carbocycles. The first-order valence-corrected chi connectivity index (χ1v) is 5.21. The van der Waals surface area contributed by atoms with Gasteiger partial charge in [-0.2, -0.15) is 0 Å². The number of aliphatic carboxylic acids is 1. The Balaban J connectivity index is 0.00000106. The van der Waals surface area contributed by atoms with Crippen LogP contribution in [0.3, 0.4) is 0 Å². The SMILES string of the molecule is CC.CNc1ccccc1C(=N)CC(=O)O. The van der Waals surface area contributed by atoms with Gasteiger partial charge in [0.2, 0.25) is 0 Å². The van der Waals surface area contributed by atoms with Crippen LogP contribution >= 0.6 is 0 Å². The molecule has 0 radical (unpaired) electrons. The van der Waals surface area contributed by atoms with Crippen LogP contribution in [-0.2, 0) is 4.79 Å². The Kier molecular flexibility index (Phi) is 6.59. The van der Waals surface area contributed by atoms with E-state index in [9.17, 15) is 4.79 Å². The lowest BCUT2D eigenvalue weighted by Gasteiger charge is -2.08. The minimum Gasteiger partial charge on any atom is -0.481 e. The highest BCUT2D eigenvalue weighted by molar-refractivity contribution is 6.10. The molecule has 0 fully saturated rings. The molecule has 0 aliphatic carbocycles. The average molecular weight is 222 g/mol. The van der Waals surface area contributed by atoms with Crippen LogP contribution in [-0.4, -0.2) is 23.8 Å². The first-order chi connectivity index (χ1) is 7.65. The summed E-state index contributed by atoms with van der Waals surface area (Å²) in [7, 11) is 1.74. The molecule has 1 aromatic rings. The van der Waals surface area contributed by atoms with Crippen molar-refractivity contribution in [2.75, 3.05) is 12.4 Å². The monoisotopic (exact) mass is 222 g/mol. The molecule has 0 unspecified atom stereocenters. The van der Waals surface area contributed by atoms with Crippen molar-refractivity contribution >= 4 is 17.4 Å². The smallest absolute Gasteiger partial charge is 0.309 e. The number of carbonyl (C=O) groups is 1. The fourth-order valence-corrected chi connectivity index (χ4v) is 1.21. The molecule has 4 heteroatoms. The minimum atomic E-state index is -0.985. The maximum Gasteiger partial charge on any atom is 0.309 e. The van der Waals surface area contributed by atoms with Crippen molar-refractivity contribution in [3.63, 3.8) is 0 Å². The molecule has 0 atom stereocenters. The first kappa shape index (κ1) is 14.2. The fraction of sp³-hybridized carbons (Fsp3) is 0.333. The van der Waals surface area contributed by atoms with Crippen molar-refractivity contribution in [1.82, 2.24) is 0 Å². The molecule has 4 nitrogen and oxygen atoms in total. The highest BCUT2D eigenvalue weighted by Crippen LogP contribution is 2.15. The van der Waals surface area contributed by atoms with E-state index >= 15 is 0 Å². The van der Waals surface area contributed by atoms with Gasteiger partial charge in [-0.25, -0.2) is 0 Å². The standard InChI is InChI=1S/C10H12N2O2.C2H6/c1-12-9-5-3-2-4-7(9)8(11)6-10(13)14;1-2/h2-5,11-12H,6H2,1H3,(H,13,14);1-2H3. The summed E-state index contributed by atoms with van der Waals surface area (Å²) in [5, 5.41) is 19.0. The summed E-state index contributed by atoms with van der Waals surface area (Å²) in [4.78, 5) is 10.4. The topological polar surface area (TPSA) is 73.2 Å². The van der Waals surface area contributed by atoms with Crippen molar-refractivity contribution in [3.8, 4) is 0 Å². The van der Waals surface area contributed by atoms with Crippen molar-refractivity contribution in [2.24, 2.45) is 0 Å². The summed E-state index contributed by atoms with van der Waals surface area (Å²) in [5.74, 6) is -0.985. The molecule has 0 amide bonds. The molecule has 16 heavy (non-hydrogen) atoms. The molecule has 0 aliphatic heterocycles. The van der Waals surface area contributed by atoms with Crippen LogP contribution in [0.1, 0.15) is 25.8 Å². The summed E-state index contributed by atoms with van der Waals surface area (Å²) < 4.78 is 0. The quantitative estimate of drug-likeness (QED) is 0.685. The van der Waals surface area contributed by atoms with E-state index in [0.29, 0.717) is 5.56 Å². The third-order valence-corrected chi connectivity index (χ3v) is 1.85. The van der Waals surface area contributed by atoms with Crippen LogP contribution in [0.4, 0.5) is 5.69 Å². The Labute approximate surface area is 95.8 Å². The third kappa shape index (κ3) is 4.13. The summed E-state index contributed by atoms with van der Waals surface area (Å²) in [6, 6.07) is 7.17. The molecular formula is C12H18N2O2. The van der Waals surface area contributed by atoms with Crippen molar-refractivity contribution < 1.29 is 9.90 Å². The second-order valence-corrected chi connectivity index (χ2v) is 2.84. The van der Waals surface area contributed by atoms with E-state index in [1.165, 1.54) is 0 Å². The maximum absolute atomic E-state index is 10.4. The van der Waals surface area contributed by atoms with Gasteiger partial charge in [-0.15, -0.1) is 0 Å². The Bertz CT molecular complexity index is 362. The Hall–Kier alpha value is -1.84. The van der Waals surface area contributed by atoms with Gasteiger partial charge in [0.05, 0.1) is 12.1 Å². The van der Waals surface area contributed by atoms with Gasteiger partial charge in [-0.1, -0.05) is 32.0 Å². The second kappa shape index (κ2) is 7.45. The number of rotatable bonds is 4. The Morgan fingerprint density at radius 1 is 1.38 bits per heavy atom. The number of anilines is 1. The maximum atomic E-state index is 10.4. The summed E-state index contributed by atoms with van der Waals surface area (Å²) in [6.07, 6.45) is -0.251. The first-order valence-electron chi connectivity index (χ1n) is 5.21. The number of carboxylic acid groups (broad SMARTS) is 1. The molecule has 0 saturated heterocycles. The molecule has 0 bridgehead atoms. The van der Waals surface area contributed by atoms with Crippen LogP contribution in [0.2, 0.25) is 0 Å². The van der Waals surface area contributed by atoms with Crippen LogP contribution in [0, 0.1) is 5.41 Å². The number of benzene rings is 1. The van der Waals surface area contributed by atoms with E-state index < -0.39 is 5.97 Å². The number of hydrogen-bond donors (Lipinski definition) is 3. The van der Waals surface area contributed by atoms with E-state index in [-0.39, 0.29) is 12.1 Å². The van der Waals surface area contributed by atoms with Crippen LogP contribution in [0.25, 0.3) is 0 Å². The zero-order valence-corrected chi connectivity index (χ0v) is 9.87. The second-order valence-electron chi connectivity index (χ2n) is 2.84. The van der Waals surface area contributed by atoms with Gasteiger partial charge in [0.1, 0.15) is 0 Å². The Morgan fingerprint density at radius 2 is 1.94 bits per heavy atom. The number of carboxylic acids is 1. The fourth-order valence-electron chi connectivity index (χ4n) is 1.21. The predicted molar refractivity (Wildman–Crippen MR) is 66.4 cm³/mol. The molecule has 0 saturated carbocycles. The predicted octanol–water partition coefficient (Wildman–Crippen LogP) is 2.60. The van der Waals surface area contributed by atoms with Crippen molar-refractivity contribution in [1.29, 1.82) is 5.41 Å². The minimum absolute atomic E-state index is 0.113. The molecule has 0 aromatic heterocycles. The highest BCUT2D eigenvalue weighted by Gasteiger charge is 2.09. The summed E-state index contributed by atoms with van der Waals surface area (Å²) in [5.41, 5.74) is 1.53. The van der Waals surface area contributed by atoms with Crippen molar-refractivity contribution in [3.05, 3.63) is 29.8 Å². The normalized spacial score (nSPS) is 8.69. The Morgan fingerprint density at radius 3 is 2.44 bits per heavy atom. The van der Waals surface area contributed by atoms with Crippen LogP contribution in [0.15, 0.2) is 24.3 Å². The lowest BCUT2D eigenvalue weighted by Crippen LogP contribution is -2.09. The molecule has 0 aliphatic rings. The zero-order chi connectivity index (χ0) is 12.6. The lowest BCUT2D eigenvalue weighted by molar-refractivity contribution is -0.135. The average Bonchev–Trinajstić information content (AvgIpc) is 2.30. The van der Waals surface area contributed by atoms with Gasteiger partial charge in [0, 0.05) is 18.3 Å². The van der Waals surface area contributed by atoms with Crippen LogP contribution < -0.4 is 5.32 Å². The zero-order valence-electron chi connectivity index (χ0n) is 9.87. The molecule has 0 spiro atoms. The van der Waals surface area contributed by atoms with Gasteiger partial charge >= 0.3 is 5.97 Å². The van der Waals surface area contributed by atoms with Gasteiger partial charge in [-0.3, -0.25) is 4.79 Å². The summed E-state index contributed by atoms with van der Waals surface area (Å²) >= 11 is 0. The van der Waals surface area contributed by atoms with E-state index in [4.69, 9.17) is 10.5 Å². The molecule has 88 valence electrons. The molecule has 3 N–H and O–H groups in total. The number of hydrogen-bond acceptors (Lipinski definition) is 3. The van der Waals surface area contributed by atoms with Crippen LogP contribution in [0.5, 0.6) is 0 Å².